The SMILES string of the molecule is CC1(C)CCC(c2ccc(Nc3cc(CC(=O)C4CC4)nc4c3nc(C(F)F)n4C3CCCCO3)c(S(C)(=O)=O)c2)O1. The molecule has 0 radical (unpaired) electrons. The van der Waals surface area contributed by atoms with E-state index in [-0.39, 0.29) is 51.6 Å². The van der Waals surface area contributed by atoms with Gasteiger partial charge in [-0.05, 0) is 82.6 Å². The highest BCUT2D eigenvalue weighted by Crippen LogP contribution is 2.42. The van der Waals surface area contributed by atoms with Crippen LogP contribution in [0, 0.1) is 5.92 Å². The van der Waals surface area contributed by atoms with Crippen molar-refractivity contribution in [2.45, 2.75) is 94.5 Å². The molecule has 2 saturated heterocycles. The maximum absolute atomic E-state index is 14.3. The minimum atomic E-state index is -3.71. The summed E-state index contributed by atoms with van der Waals surface area (Å²) in [5.74, 6) is -0.436. The van der Waals surface area contributed by atoms with Gasteiger partial charge in [0.1, 0.15) is 17.5 Å². The van der Waals surface area contributed by atoms with E-state index in [1.165, 1.54) is 4.57 Å². The van der Waals surface area contributed by atoms with Crippen molar-refractivity contribution >= 4 is 38.2 Å². The number of carbonyl (C=O) groups excluding carboxylic acids is 1. The number of nitrogens with one attached hydrogen (secondary N) is 1. The summed E-state index contributed by atoms with van der Waals surface area (Å²) in [6.07, 6.45) is 2.84. The van der Waals surface area contributed by atoms with Crippen LogP contribution in [-0.2, 0) is 30.5 Å². The van der Waals surface area contributed by atoms with Gasteiger partial charge in [0.2, 0.25) is 0 Å². The van der Waals surface area contributed by atoms with Gasteiger partial charge in [-0.2, -0.15) is 0 Å². The summed E-state index contributed by atoms with van der Waals surface area (Å²) in [6.45, 7) is 4.45. The third kappa shape index (κ3) is 5.93. The summed E-state index contributed by atoms with van der Waals surface area (Å²) >= 11 is 0. The fourth-order valence-corrected chi connectivity index (χ4v) is 6.79. The van der Waals surface area contributed by atoms with Crippen LogP contribution in [-0.4, -0.2) is 47.2 Å². The number of hydrogen-bond acceptors (Lipinski definition) is 8. The summed E-state index contributed by atoms with van der Waals surface area (Å²) in [6, 6.07) is 6.70. The number of Topliss-reactive ketones (excluding diaryl/α,β-unsaturated/α-hetero) is 1. The quantitative estimate of drug-likeness (QED) is 0.301. The highest BCUT2D eigenvalue weighted by Gasteiger charge is 2.34. The summed E-state index contributed by atoms with van der Waals surface area (Å²) < 4.78 is 68.0. The van der Waals surface area contributed by atoms with Gasteiger partial charge >= 0.3 is 0 Å². The number of ketones is 1. The molecule has 226 valence electrons. The number of ether oxygens (including phenoxy) is 2. The van der Waals surface area contributed by atoms with E-state index >= 15 is 0 Å². The zero-order valence-corrected chi connectivity index (χ0v) is 24.8. The molecular weight excluding hydrogens is 566 g/mol. The first kappa shape index (κ1) is 29.1. The fraction of sp³-hybridized carbons (Fsp3) is 0.567. The highest BCUT2D eigenvalue weighted by molar-refractivity contribution is 7.90. The van der Waals surface area contributed by atoms with Gasteiger partial charge in [-0.25, -0.2) is 27.2 Å². The van der Waals surface area contributed by atoms with Crippen LogP contribution in [0.25, 0.3) is 11.2 Å². The molecule has 3 fully saturated rings. The Morgan fingerprint density at radius 3 is 2.52 bits per heavy atom. The summed E-state index contributed by atoms with van der Waals surface area (Å²) in [5, 5.41) is 3.16. The number of halogens is 2. The summed E-state index contributed by atoms with van der Waals surface area (Å²) in [7, 11) is -3.71. The van der Waals surface area contributed by atoms with Crippen molar-refractivity contribution in [3.05, 3.63) is 41.3 Å². The molecule has 3 aliphatic rings. The lowest BCUT2D eigenvalue weighted by Gasteiger charge is -2.25. The van der Waals surface area contributed by atoms with E-state index in [9.17, 15) is 22.0 Å². The number of benzene rings is 1. The lowest BCUT2D eigenvalue weighted by molar-refractivity contribution is -0.119. The van der Waals surface area contributed by atoms with Crippen LogP contribution in [0.2, 0.25) is 0 Å². The number of alkyl halides is 2. The second-order valence-corrected chi connectivity index (χ2v) is 14.3. The number of pyridine rings is 1. The van der Waals surface area contributed by atoms with Gasteiger partial charge in [0.25, 0.3) is 6.43 Å². The molecule has 2 unspecified atom stereocenters. The molecule has 1 N–H and O–H groups in total. The third-order valence-electron chi connectivity index (χ3n) is 8.27. The van der Waals surface area contributed by atoms with Crippen molar-refractivity contribution in [3.63, 3.8) is 0 Å². The summed E-state index contributed by atoms with van der Waals surface area (Å²) in [5.41, 5.74) is 1.76. The number of sulfone groups is 1. The Labute approximate surface area is 243 Å². The average molecular weight is 603 g/mol. The van der Waals surface area contributed by atoms with Crippen molar-refractivity contribution in [3.8, 4) is 0 Å². The molecule has 1 aromatic carbocycles. The second kappa shape index (κ2) is 10.9. The minimum absolute atomic E-state index is 0.00529. The number of nitrogens with zero attached hydrogens (tertiary/aromatic N) is 3. The van der Waals surface area contributed by atoms with Crippen LogP contribution in [0.5, 0.6) is 0 Å². The van der Waals surface area contributed by atoms with Gasteiger partial charge in [-0.3, -0.25) is 9.36 Å². The number of aromatic nitrogens is 3. The first-order chi connectivity index (χ1) is 19.9. The predicted molar refractivity (Wildman–Crippen MR) is 153 cm³/mol. The zero-order valence-electron chi connectivity index (χ0n) is 24.0. The largest absolute Gasteiger partial charge is 0.368 e. The molecule has 2 aromatic heterocycles. The molecule has 9 nitrogen and oxygen atoms in total. The van der Waals surface area contributed by atoms with E-state index in [0.29, 0.717) is 24.4 Å². The van der Waals surface area contributed by atoms with Crippen molar-refractivity contribution in [2.24, 2.45) is 5.92 Å². The standard InChI is InChI=1S/C30H36F2N4O5S/c1-30(2)12-11-23(41-30)18-9-10-20(24(14-18)42(3,38)39)34-21-15-19(16-22(37)17-7-8-17)33-28-26(21)35-29(27(31)32)36(28)25-6-4-5-13-40-25/h9-10,14-15,17,23,25,27H,4-8,11-13,16H2,1-3H3,(H,33,34). The maximum Gasteiger partial charge on any atom is 0.295 e. The molecule has 0 amide bonds. The molecule has 6 rings (SSSR count). The molecule has 12 heteroatoms. The smallest absolute Gasteiger partial charge is 0.295 e. The number of carbonyl (C=O) groups is 1. The van der Waals surface area contributed by atoms with Gasteiger partial charge in [0.05, 0.1) is 33.7 Å². The second-order valence-electron chi connectivity index (χ2n) is 12.3. The molecule has 42 heavy (non-hydrogen) atoms. The number of hydrogen-bond donors (Lipinski definition) is 1. The molecule has 3 aromatic rings. The maximum atomic E-state index is 14.3. The summed E-state index contributed by atoms with van der Waals surface area (Å²) in [4.78, 5) is 21.8. The Kier molecular flexibility index (Phi) is 7.59. The Morgan fingerprint density at radius 2 is 1.90 bits per heavy atom. The van der Waals surface area contributed by atoms with Gasteiger partial charge < -0.3 is 14.8 Å². The van der Waals surface area contributed by atoms with E-state index in [2.05, 4.69) is 15.3 Å². The van der Waals surface area contributed by atoms with Crippen molar-refractivity contribution in [1.82, 2.24) is 14.5 Å². The molecule has 4 heterocycles. The third-order valence-corrected chi connectivity index (χ3v) is 9.41. The molecule has 0 bridgehead atoms. The van der Waals surface area contributed by atoms with E-state index < -0.39 is 28.3 Å². The normalized spacial score (nSPS) is 22.6. The fourth-order valence-electron chi connectivity index (χ4n) is 5.92. The van der Waals surface area contributed by atoms with Gasteiger partial charge in [0, 0.05) is 25.2 Å². The van der Waals surface area contributed by atoms with Crippen LogP contribution < -0.4 is 5.32 Å². The number of rotatable bonds is 9. The Balaban J connectivity index is 1.46. The van der Waals surface area contributed by atoms with Gasteiger partial charge in [-0.15, -0.1) is 0 Å². The molecule has 1 aliphatic carbocycles. The van der Waals surface area contributed by atoms with Gasteiger partial charge in [-0.1, -0.05) is 6.07 Å². The van der Waals surface area contributed by atoms with Crippen LogP contribution in [0.4, 0.5) is 20.2 Å². The molecule has 1 saturated carbocycles. The number of anilines is 2. The highest BCUT2D eigenvalue weighted by atomic mass is 32.2. The van der Waals surface area contributed by atoms with Crippen molar-refractivity contribution in [1.29, 1.82) is 0 Å². The lowest BCUT2D eigenvalue weighted by atomic mass is 10.0. The molecule has 2 aliphatic heterocycles. The zero-order chi connectivity index (χ0) is 29.8. The van der Waals surface area contributed by atoms with Crippen LogP contribution in [0.1, 0.15) is 94.6 Å². The minimum Gasteiger partial charge on any atom is -0.368 e. The number of imidazole rings is 1. The number of fused-ring (bicyclic) bond motifs is 1. The molecule has 0 spiro atoms. The predicted octanol–water partition coefficient (Wildman–Crippen LogP) is 6.37. The lowest BCUT2D eigenvalue weighted by Crippen LogP contribution is -2.21. The van der Waals surface area contributed by atoms with Gasteiger partial charge in [0.15, 0.2) is 21.3 Å². The van der Waals surface area contributed by atoms with Crippen molar-refractivity contribution in [2.75, 3.05) is 18.2 Å². The first-order valence-electron chi connectivity index (χ1n) is 14.5. The molecule has 2 atom stereocenters. The van der Waals surface area contributed by atoms with Crippen LogP contribution in [0.3, 0.4) is 0 Å². The molecular formula is C30H36F2N4O5S. The van der Waals surface area contributed by atoms with Crippen LogP contribution in [0.15, 0.2) is 29.2 Å². The van der Waals surface area contributed by atoms with Crippen molar-refractivity contribution < 1.29 is 31.5 Å². The Morgan fingerprint density at radius 1 is 1.12 bits per heavy atom. The monoisotopic (exact) mass is 602 g/mol. The van der Waals surface area contributed by atoms with E-state index in [1.807, 2.05) is 19.9 Å². The van der Waals surface area contributed by atoms with E-state index in [1.54, 1.807) is 18.2 Å². The topological polar surface area (TPSA) is 112 Å². The van der Waals surface area contributed by atoms with E-state index in [4.69, 9.17) is 9.47 Å². The van der Waals surface area contributed by atoms with Crippen LogP contribution >= 0.6 is 0 Å². The average Bonchev–Trinajstić information content (AvgIpc) is 3.62. The van der Waals surface area contributed by atoms with E-state index in [0.717, 1.165) is 50.3 Å². The Hall–Kier alpha value is -2.96. The first-order valence-corrected chi connectivity index (χ1v) is 16.4. The Bertz CT molecular complexity index is 1630.